The molecule has 0 saturated heterocycles. The van der Waals surface area contributed by atoms with Crippen LogP contribution in [0.5, 0.6) is 0 Å². The van der Waals surface area contributed by atoms with Crippen molar-refractivity contribution in [3.8, 4) is 0 Å². The van der Waals surface area contributed by atoms with Crippen LogP contribution < -0.4 is 5.32 Å². The van der Waals surface area contributed by atoms with Gasteiger partial charge in [0.15, 0.2) is 12.1 Å². The molecule has 0 bridgehead atoms. The zero-order valence-electron chi connectivity index (χ0n) is 10.9. The number of ether oxygens (including phenoxy) is 2. The summed E-state index contributed by atoms with van der Waals surface area (Å²) in [5.74, 6) is -0.635. The highest BCUT2D eigenvalue weighted by atomic mass is 19.1. The minimum atomic E-state index is -0.635. The average Bonchev–Trinajstić information content (AvgIpc) is 2.40. The van der Waals surface area contributed by atoms with E-state index in [-0.39, 0.29) is 17.7 Å². The lowest BCUT2D eigenvalue weighted by Gasteiger charge is -2.13. The van der Waals surface area contributed by atoms with Crippen LogP contribution in [0, 0.1) is 15.9 Å². The number of benzene rings is 1. The van der Waals surface area contributed by atoms with Gasteiger partial charge in [0.2, 0.25) is 0 Å². The summed E-state index contributed by atoms with van der Waals surface area (Å²) in [6.45, 7) is 0.394. The standard InChI is InChI=1S/C12H17FN2O4/c1-18-11(19-2)7-4-8-14-12-9(13)5-3-6-10(12)15(16)17/h3,5-6,11,14H,4,7-8H2,1-2H3. The number of nitro benzene ring substituents is 1. The molecule has 0 spiro atoms. The van der Waals surface area contributed by atoms with Crippen molar-refractivity contribution < 1.29 is 18.8 Å². The Morgan fingerprint density at radius 2 is 2.11 bits per heavy atom. The van der Waals surface area contributed by atoms with Crippen molar-refractivity contribution >= 4 is 11.4 Å². The number of para-hydroxylation sites is 1. The van der Waals surface area contributed by atoms with Gasteiger partial charge in [-0.15, -0.1) is 0 Å². The van der Waals surface area contributed by atoms with Gasteiger partial charge in [-0.3, -0.25) is 10.1 Å². The van der Waals surface area contributed by atoms with Gasteiger partial charge < -0.3 is 14.8 Å². The Hall–Kier alpha value is -1.73. The lowest BCUT2D eigenvalue weighted by molar-refractivity contribution is -0.384. The van der Waals surface area contributed by atoms with E-state index in [1.807, 2.05) is 0 Å². The molecule has 1 N–H and O–H groups in total. The van der Waals surface area contributed by atoms with Crippen LogP contribution in [0.4, 0.5) is 15.8 Å². The molecule has 0 aromatic heterocycles. The third kappa shape index (κ3) is 4.46. The first-order valence-electron chi connectivity index (χ1n) is 5.82. The fourth-order valence-corrected chi connectivity index (χ4v) is 1.65. The first kappa shape index (κ1) is 15.3. The molecule has 1 aromatic rings. The molecule has 0 fully saturated rings. The second-order valence-corrected chi connectivity index (χ2v) is 3.86. The van der Waals surface area contributed by atoms with Gasteiger partial charge in [-0.1, -0.05) is 6.07 Å². The van der Waals surface area contributed by atoms with Crippen LogP contribution in [0.25, 0.3) is 0 Å². The quantitative estimate of drug-likeness (QED) is 0.341. The molecule has 19 heavy (non-hydrogen) atoms. The highest BCUT2D eigenvalue weighted by Gasteiger charge is 2.17. The van der Waals surface area contributed by atoms with Gasteiger partial charge in [0.25, 0.3) is 5.69 Å². The Labute approximate surface area is 110 Å². The summed E-state index contributed by atoms with van der Waals surface area (Å²) >= 11 is 0. The molecule has 1 aromatic carbocycles. The lowest BCUT2D eigenvalue weighted by Crippen LogP contribution is -2.15. The molecule has 0 unspecified atom stereocenters. The number of hydrogen-bond donors (Lipinski definition) is 1. The molecule has 106 valence electrons. The molecular formula is C12H17FN2O4. The molecule has 0 heterocycles. The molecule has 0 atom stereocenters. The van der Waals surface area contributed by atoms with Gasteiger partial charge in [0.1, 0.15) is 5.69 Å². The Morgan fingerprint density at radius 3 is 2.68 bits per heavy atom. The van der Waals surface area contributed by atoms with Crippen LogP contribution in [0.3, 0.4) is 0 Å². The van der Waals surface area contributed by atoms with Crippen molar-refractivity contribution in [2.75, 3.05) is 26.1 Å². The zero-order valence-corrected chi connectivity index (χ0v) is 10.9. The van der Waals surface area contributed by atoms with Gasteiger partial charge >= 0.3 is 0 Å². The van der Waals surface area contributed by atoms with Crippen LogP contribution in [0.15, 0.2) is 18.2 Å². The molecular weight excluding hydrogens is 255 g/mol. The molecule has 0 aliphatic carbocycles. The predicted molar refractivity (Wildman–Crippen MR) is 68.6 cm³/mol. The van der Waals surface area contributed by atoms with E-state index in [2.05, 4.69) is 5.32 Å². The number of nitrogens with zero attached hydrogens (tertiary/aromatic N) is 1. The lowest BCUT2D eigenvalue weighted by atomic mass is 10.2. The molecule has 0 radical (unpaired) electrons. The number of nitro groups is 1. The Morgan fingerprint density at radius 1 is 1.42 bits per heavy atom. The Kier molecular flexibility index (Phi) is 6.17. The van der Waals surface area contributed by atoms with Crippen molar-refractivity contribution in [3.05, 3.63) is 34.1 Å². The van der Waals surface area contributed by atoms with E-state index in [1.165, 1.54) is 32.4 Å². The Balaban J connectivity index is 2.56. The van der Waals surface area contributed by atoms with Gasteiger partial charge in [0.05, 0.1) is 4.92 Å². The maximum atomic E-state index is 13.5. The highest BCUT2D eigenvalue weighted by molar-refractivity contribution is 5.62. The summed E-state index contributed by atoms with van der Waals surface area (Å²) in [7, 11) is 3.06. The number of rotatable bonds is 8. The summed E-state index contributed by atoms with van der Waals surface area (Å²) in [6.07, 6.45) is 0.928. The number of hydrogen-bond acceptors (Lipinski definition) is 5. The highest BCUT2D eigenvalue weighted by Crippen LogP contribution is 2.26. The van der Waals surface area contributed by atoms with E-state index in [0.717, 1.165) is 0 Å². The summed E-state index contributed by atoms with van der Waals surface area (Å²) < 4.78 is 23.5. The van der Waals surface area contributed by atoms with E-state index in [4.69, 9.17) is 9.47 Å². The summed E-state index contributed by atoms with van der Waals surface area (Å²) in [6, 6.07) is 3.76. The third-order valence-corrected chi connectivity index (χ3v) is 2.63. The fourth-order valence-electron chi connectivity index (χ4n) is 1.65. The number of methoxy groups -OCH3 is 2. The van der Waals surface area contributed by atoms with Crippen LogP contribution in [0.2, 0.25) is 0 Å². The number of nitrogens with one attached hydrogen (secondary N) is 1. The number of halogens is 1. The van der Waals surface area contributed by atoms with E-state index in [9.17, 15) is 14.5 Å². The van der Waals surface area contributed by atoms with Crippen LogP contribution >= 0.6 is 0 Å². The SMILES string of the molecule is COC(CCCNc1c(F)cccc1[N+](=O)[O-])OC. The normalized spacial score (nSPS) is 10.7. The first-order chi connectivity index (χ1) is 9.10. The average molecular weight is 272 g/mol. The van der Waals surface area contributed by atoms with Crippen molar-refractivity contribution in [3.63, 3.8) is 0 Å². The largest absolute Gasteiger partial charge is 0.377 e. The summed E-state index contributed by atoms with van der Waals surface area (Å²) in [5.41, 5.74) is -0.353. The summed E-state index contributed by atoms with van der Waals surface area (Å²) in [4.78, 5) is 10.2. The van der Waals surface area contributed by atoms with Crippen molar-refractivity contribution in [1.29, 1.82) is 0 Å². The van der Waals surface area contributed by atoms with E-state index < -0.39 is 10.7 Å². The fraction of sp³-hybridized carbons (Fsp3) is 0.500. The topological polar surface area (TPSA) is 73.6 Å². The monoisotopic (exact) mass is 272 g/mol. The minimum absolute atomic E-state index is 0.0844. The van der Waals surface area contributed by atoms with Gasteiger partial charge in [-0.2, -0.15) is 0 Å². The molecule has 1 rings (SSSR count). The maximum absolute atomic E-state index is 13.5. The van der Waals surface area contributed by atoms with Crippen LogP contribution in [-0.4, -0.2) is 32.0 Å². The third-order valence-electron chi connectivity index (χ3n) is 2.63. The molecule has 0 aliphatic heterocycles. The van der Waals surface area contributed by atoms with Crippen molar-refractivity contribution in [2.24, 2.45) is 0 Å². The van der Waals surface area contributed by atoms with Crippen molar-refractivity contribution in [2.45, 2.75) is 19.1 Å². The molecule has 6 nitrogen and oxygen atoms in total. The van der Waals surface area contributed by atoms with Crippen LogP contribution in [-0.2, 0) is 9.47 Å². The zero-order chi connectivity index (χ0) is 14.3. The molecule has 7 heteroatoms. The van der Waals surface area contributed by atoms with E-state index in [0.29, 0.717) is 19.4 Å². The Bertz CT molecular complexity index is 424. The first-order valence-corrected chi connectivity index (χ1v) is 5.82. The van der Waals surface area contributed by atoms with Crippen molar-refractivity contribution in [1.82, 2.24) is 0 Å². The number of anilines is 1. The molecule has 0 amide bonds. The second kappa shape index (κ2) is 7.65. The van der Waals surface area contributed by atoms with E-state index in [1.54, 1.807) is 0 Å². The summed E-state index contributed by atoms with van der Waals surface area (Å²) in [5, 5.41) is 13.5. The van der Waals surface area contributed by atoms with Crippen LogP contribution in [0.1, 0.15) is 12.8 Å². The minimum Gasteiger partial charge on any atom is -0.377 e. The van der Waals surface area contributed by atoms with Gasteiger partial charge in [-0.25, -0.2) is 4.39 Å². The molecule has 0 saturated carbocycles. The van der Waals surface area contributed by atoms with E-state index >= 15 is 0 Å². The predicted octanol–water partition coefficient (Wildman–Crippen LogP) is 2.54. The van der Waals surface area contributed by atoms with Gasteiger partial charge in [0, 0.05) is 26.8 Å². The van der Waals surface area contributed by atoms with Gasteiger partial charge in [-0.05, 0) is 18.9 Å². The molecule has 0 aliphatic rings. The second-order valence-electron chi connectivity index (χ2n) is 3.86. The maximum Gasteiger partial charge on any atom is 0.295 e. The smallest absolute Gasteiger partial charge is 0.295 e.